The van der Waals surface area contributed by atoms with Crippen LogP contribution in [0, 0.1) is 0 Å². The molecule has 0 fully saturated rings. The molecule has 9 N–H and O–H groups in total. The summed E-state index contributed by atoms with van der Waals surface area (Å²) >= 11 is 0. The Hall–Kier alpha value is -3.26. The second-order valence-electron chi connectivity index (χ2n) is 5.56. The van der Waals surface area contributed by atoms with Crippen molar-refractivity contribution in [2.24, 2.45) is 5.73 Å². The maximum atomic E-state index is 12.1. The molecule has 158 valence electrons. The smallest absolute Gasteiger partial charge is 0.328 e. The fraction of sp³-hybridized carbons (Fsp3) is 0.571. The number of amides is 3. The zero-order valence-corrected chi connectivity index (χ0v) is 14.6. The van der Waals surface area contributed by atoms with Crippen LogP contribution in [-0.4, -0.2) is 87.3 Å². The van der Waals surface area contributed by atoms with Gasteiger partial charge in [0.1, 0.15) is 12.1 Å². The number of hydrogen-bond donors (Lipinski definition) is 8. The van der Waals surface area contributed by atoms with Gasteiger partial charge in [0.2, 0.25) is 17.7 Å². The standard InChI is InChI=1S/C14H22N4O10/c15-6(3-11(23)24)12(25)16-4-9(20)17-7(1-2-10(21)22)13(26)18-8(5-19)14(27)28/h6-8,19H,1-5,15H2,(H,16,25)(H,17,20)(H,18,26)(H,21,22)(H,23,24)(H,27,28). The van der Waals surface area contributed by atoms with Crippen molar-refractivity contribution in [1.29, 1.82) is 0 Å². The summed E-state index contributed by atoms with van der Waals surface area (Å²) in [7, 11) is 0. The molecule has 14 nitrogen and oxygen atoms in total. The number of carboxylic acids is 3. The second-order valence-corrected chi connectivity index (χ2v) is 5.56. The number of carbonyl (C=O) groups excluding carboxylic acids is 3. The number of carbonyl (C=O) groups is 6. The van der Waals surface area contributed by atoms with Crippen molar-refractivity contribution >= 4 is 35.6 Å². The lowest BCUT2D eigenvalue weighted by molar-refractivity contribution is -0.144. The first-order valence-electron chi connectivity index (χ1n) is 7.88. The van der Waals surface area contributed by atoms with E-state index in [9.17, 15) is 28.8 Å². The molecule has 0 spiro atoms. The molecule has 0 aliphatic rings. The van der Waals surface area contributed by atoms with Crippen LogP contribution in [0.1, 0.15) is 19.3 Å². The normalized spacial score (nSPS) is 13.5. The molecular formula is C14H22N4O10. The number of carboxylic acid groups (broad SMARTS) is 3. The van der Waals surface area contributed by atoms with Gasteiger partial charge in [-0.05, 0) is 6.42 Å². The molecule has 0 rings (SSSR count). The minimum atomic E-state index is -1.66. The lowest BCUT2D eigenvalue weighted by Crippen LogP contribution is -2.54. The van der Waals surface area contributed by atoms with E-state index >= 15 is 0 Å². The summed E-state index contributed by atoms with van der Waals surface area (Å²) in [6, 6.07) is -4.52. The van der Waals surface area contributed by atoms with Crippen molar-refractivity contribution in [3.8, 4) is 0 Å². The monoisotopic (exact) mass is 406 g/mol. The molecule has 0 heterocycles. The topological polar surface area (TPSA) is 245 Å². The fourth-order valence-electron chi connectivity index (χ4n) is 1.82. The molecule has 3 atom stereocenters. The summed E-state index contributed by atoms with van der Waals surface area (Å²) in [6.45, 7) is -1.62. The van der Waals surface area contributed by atoms with Gasteiger partial charge in [-0.1, -0.05) is 0 Å². The summed E-state index contributed by atoms with van der Waals surface area (Å²) in [5.74, 6) is -7.07. The Bertz CT molecular complexity index is 623. The zero-order valence-electron chi connectivity index (χ0n) is 14.6. The van der Waals surface area contributed by atoms with Gasteiger partial charge in [0.15, 0.2) is 0 Å². The largest absolute Gasteiger partial charge is 0.481 e. The van der Waals surface area contributed by atoms with E-state index in [4.69, 9.17) is 26.2 Å². The highest BCUT2D eigenvalue weighted by Gasteiger charge is 2.27. The van der Waals surface area contributed by atoms with Gasteiger partial charge >= 0.3 is 17.9 Å². The molecule has 0 bridgehead atoms. The summed E-state index contributed by atoms with van der Waals surface area (Å²) in [6.07, 6.45) is -1.60. The molecule has 0 aromatic rings. The van der Waals surface area contributed by atoms with Gasteiger partial charge in [0.25, 0.3) is 0 Å². The molecule has 3 amide bonds. The predicted molar refractivity (Wildman–Crippen MR) is 88.7 cm³/mol. The van der Waals surface area contributed by atoms with Crippen LogP contribution in [0.3, 0.4) is 0 Å². The molecule has 0 saturated heterocycles. The van der Waals surface area contributed by atoms with Gasteiger partial charge in [-0.3, -0.25) is 24.0 Å². The number of rotatable bonds is 13. The second kappa shape index (κ2) is 12.2. The van der Waals surface area contributed by atoms with Crippen LogP contribution >= 0.6 is 0 Å². The van der Waals surface area contributed by atoms with Crippen molar-refractivity contribution in [2.45, 2.75) is 37.4 Å². The van der Waals surface area contributed by atoms with Gasteiger partial charge in [0, 0.05) is 6.42 Å². The average Bonchev–Trinajstić information content (AvgIpc) is 2.59. The maximum Gasteiger partial charge on any atom is 0.328 e. The van der Waals surface area contributed by atoms with Gasteiger partial charge in [-0.25, -0.2) is 4.79 Å². The molecule has 0 radical (unpaired) electrons. The third-order valence-corrected chi connectivity index (χ3v) is 3.25. The average molecular weight is 406 g/mol. The van der Waals surface area contributed by atoms with E-state index in [2.05, 4.69) is 5.32 Å². The van der Waals surface area contributed by atoms with E-state index in [1.807, 2.05) is 10.6 Å². The lowest BCUT2D eigenvalue weighted by atomic mass is 10.1. The summed E-state index contributed by atoms with van der Waals surface area (Å²) < 4.78 is 0. The first-order chi connectivity index (χ1) is 13.0. The highest BCUT2D eigenvalue weighted by Crippen LogP contribution is 2.00. The van der Waals surface area contributed by atoms with Crippen molar-refractivity contribution in [1.82, 2.24) is 16.0 Å². The van der Waals surface area contributed by atoms with Crippen molar-refractivity contribution in [2.75, 3.05) is 13.2 Å². The first kappa shape index (κ1) is 24.7. The third-order valence-electron chi connectivity index (χ3n) is 3.25. The van der Waals surface area contributed by atoms with E-state index in [1.165, 1.54) is 0 Å². The highest BCUT2D eigenvalue weighted by atomic mass is 16.4. The highest BCUT2D eigenvalue weighted by molar-refractivity contribution is 5.93. The number of aliphatic hydroxyl groups is 1. The van der Waals surface area contributed by atoms with Crippen molar-refractivity contribution in [3.63, 3.8) is 0 Å². The number of nitrogens with two attached hydrogens (primary N) is 1. The van der Waals surface area contributed by atoms with Crippen LogP contribution in [0.2, 0.25) is 0 Å². The first-order valence-corrected chi connectivity index (χ1v) is 7.88. The van der Waals surface area contributed by atoms with Crippen LogP contribution < -0.4 is 21.7 Å². The molecule has 0 aromatic heterocycles. The number of hydrogen-bond acceptors (Lipinski definition) is 8. The van der Waals surface area contributed by atoms with Crippen LogP contribution in [0.15, 0.2) is 0 Å². The van der Waals surface area contributed by atoms with Crippen LogP contribution in [0.5, 0.6) is 0 Å². The molecule has 14 heteroatoms. The van der Waals surface area contributed by atoms with E-state index < -0.39 is 86.2 Å². The van der Waals surface area contributed by atoms with E-state index in [0.717, 1.165) is 0 Å². The van der Waals surface area contributed by atoms with Gasteiger partial charge in [-0.15, -0.1) is 0 Å². The molecule has 28 heavy (non-hydrogen) atoms. The predicted octanol–water partition coefficient (Wildman–Crippen LogP) is -4.18. The van der Waals surface area contributed by atoms with Gasteiger partial charge < -0.3 is 42.1 Å². The maximum absolute atomic E-state index is 12.1. The van der Waals surface area contributed by atoms with E-state index in [-0.39, 0.29) is 0 Å². The molecule has 3 unspecified atom stereocenters. The Morgan fingerprint density at radius 2 is 1.46 bits per heavy atom. The Balaban J connectivity index is 4.84. The van der Waals surface area contributed by atoms with Crippen molar-refractivity contribution < 1.29 is 49.2 Å². The minimum absolute atomic E-state index is 0.392. The molecule has 0 saturated carbocycles. The molecule has 0 aromatic carbocycles. The van der Waals surface area contributed by atoms with Crippen LogP contribution in [-0.2, 0) is 28.8 Å². The van der Waals surface area contributed by atoms with Gasteiger partial charge in [-0.2, -0.15) is 0 Å². The third kappa shape index (κ3) is 10.0. The Kier molecular flexibility index (Phi) is 10.8. The number of nitrogens with one attached hydrogen (secondary N) is 3. The fourth-order valence-corrected chi connectivity index (χ4v) is 1.82. The number of aliphatic hydroxyl groups excluding tert-OH is 1. The molecule has 0 aliphatic carbocycles. The van der Waals surface area contributed by atoms with E-state index in [1.54, 1.807) is 0 Å². The Morgan fingerprint density at radius 1 is 0.857 bits per heavy atom. The Morgan fingerprint density at radius 3 is 1.93 bits per heavy atom. The molecular weight excluding hydrogens is 384 g/mol. The van der Waals surface area contributed by atoms with E-state index in [0.29, 0.717) is 0 Å². The minimum Gasteiger partial charge on any atom is -0.481 e. The van der Waals surface area contributed by atoms with Crippen LogP contribution in [0.4, 0.5) is 0 Å². The van der Waals surface area contributed by atoms with Crippen molar-refractivity contribution in [3.05, 3.63) is 0 Å². The van der Waals surface area contributed by atoms with Crippen LogP contribution in [0.25, 0.3) is 0 Å². The molecule has 0 aliphatic heterocycles. The quantitative estimate of drug-likeness (QED) is 0.146. The zero-order chi connectivity index (χ0) is 21.9. The summed E-state index contributed by atoms with van der Waals surface area (Å²) in [4.78, 5) is 67.5. The van der Waals surface area contributed by atoms with Gasteiger partial charge in [0.05, 0.1) is 25.6 Å². The summed E-state index contributed by atoms with van der Waals surface area (Å²) in [5.41, 5.74) is 5.30. The Labute approximate surface area is 158 Å². The number of aliphatic carboxylic acids is 3. The SMILES string of the molecule is NC(CC(=O)O)C(=O)NCC(=O)NC(CCC(=O)O)C(=O)NC(CO)C(=O)O. The summed E-state index contributed by atoms with van der Waals surface area (Å²) in [5, 5.41) is 41.0. The lowest BCUT2D eigenvalue weighted by Gasteiger charge is -2.20.